The zero-order valence-electron chi connectivity index (χ0n) is 17.7. The maximum atomic E-state index is 12.7. The van der Waals surface area contributed by atoms with Crippen LogP contribution in [0.15, 0.2) is 48.5 Å². The highest BCUT2D eigenvalue weighted by molar-refractivity contribution is 5.91. The predicted molar refractivity (Wildman–Crippen MR) is 115 cm³/mol. The Hall–Kier alpha value is -2.13. The van der Waals surface area contributed by atoms with Crippen LogP contribution in [-0.2, 0) is 4.74 Å². The summed E-state index contributed by atoms with van der Waals surface area (Å²) >= 11 is 0. The molecule has 0 bridgehead atoms. The molecule has 0 heterocycles. The lowest BCUT2D eigenvalue weighted by molar-refractivity contribution is 0.0727. The second-order valence-corrected chi connectivity index (χ2v) is 7.27. The highest BCUT2D eigenvalue weighted by Gasteiger charge is 2.18. The molecule has 0 aliphatic rings. The lowest BCUT2D eigenvalue weighted by Crippen LogP contribution is -2.11. The van der Waals surface area contributed by atoms with Crippen molar-refractivity contribution in [1.29, 1.82) is 0 Å². The van der Waals surface area contributed by atoms with Crippen LogP contribution in [0.2, 0.25) is 0 Å². The SMILES string of the molecule is CCCCC(CCC)c1ccccc1OC(=O)c1ccc(C(C)OCC)cc1. The number of esters is 1. The minimum Gasteiger partial charge on any atom is -0.423 e. The Bertz CT molecular complexity index is 721. The van der Waals surface area contributed by atoms with E-state index in [-0.39, 0.29) is 12.1 Å². The van der Waals surface area contributed by atoms with Crippen LogP contribution in [-0.4, -0.2) is 12.6 Å². The first-order valence-corrected chi connectivity index (χ1v) is 10.6. The van der Waals surface area contributed by atoms with E-state index in [2.05, 4.69) is 19.9 Å². The van der Waals surface area contributed by atoms with E-state index >= 15 is 0 Å². The predicted octanol–water partition coefficient (Wildman–Crippen LogP) is 7.08. The monoisotopic (exact) mass is 382 g/mol. The summed E-state index contributed by atoms with van der Waals surface area (Å²) in [5.41, 5.74) is 2.76. The summed E-state index contributed by atoms with van der Waals surface area (Å²) < 4.78 is 11.4. The molecule has 2 aromatic rings. The maximum Gasteiger partial charge on any atom is 0.343 e. The molecule has 0 saturated heterocycles. The Labute approximate surface area is 170 Å². The van der Waals surface area contributed by atoms with Gasteiger partial charge in [-0.1, -0.05) is 63.4 Å². The number of carbonyl (C=O) groups is 1. The molecule has 0 radical (unpaired) electrons. The van der Waals surface area contributed by atoms with Gasteiger partial charge in [-0.05, 0) is 61.9 Å². The molecule has 0 aliphatic carbocycles. The summed E-state index contributed by atoms with van der Waals surface area (Å²) in [6, 6.07) is 15.5. The molecule has 2 aromatic carbocycles. The Kier molecular flexibility index (Phi) is 9.22. The van der Waals surface area contributed by atoms with Crippen LogP contribution < -0.4 is 4.74 Å². The Morgan fingerprint density at radius 2 is 1.64 bits per heavy atom. The zero-order chi connectivity index (χ0) is 20.4. The van der Waals surface area contributed by atoms with Gasteiger partial charge in [-0.3, -0.25) is 0 Å². The third-order valence-corrected chi connectivity index (χ3v) is 5.14. The van der Waals surface area contributed by atoms with Crippen molar-refractivity contribution in [1.82, 2.24) is 0 Å². The van der Waals surface area contributed by atoms with Gasteiger partial charge in [-0.15, -0.1) is 0 Å². The number of rotatable bonds is 11. The number of carbonyl (C=O) groups excluding carboxylic acids is 1. The van der Waals surface area contributed by atoms with Crippen LogP contribution in [0.25, 0.3) is 0 Å². The van der Waals surface area contributed by atoms with Crippen molar-refractivity contribution >= 4 is 5.97 Å². The average Bonchev–Trinajstić information content (AvgIpc) is 2.72. The fourth-order valence-corrected chi connectivity index (χ4v) is 3.56. The highest BCUT2D eigenvalue weighted by Crippen LogP contribution is 2.34. The standard InChI is InChI=1S/C25H34O3/c1-5-8-12-21(11-6-2)23-13-9-10-14-24(23)28-25(26)22-17-15-20(16-18-22)19(4)27-7-3/h9-10,13-19,21H,5-8,11-12H2,1-4H3. The lowest BCUT2D eigenvalue weighted by Gasteiger charge is -2.19. The van der Waals surface area contributed by atoms with Gasteiger partial charge in [0.2, 0.25) is 0 Å². The minimum absolute atomic E-state index is 0.0177. The van der Waals surface area contributed by atoms with Gasteiger partial charge in [0.05, 0.1) is 11.7 Å². The third-order valence-electron chi connectivity index (χ3n) is 5.14. The van der Waals surface area contributed by atoms with E-state index in [1.807, 2.05) is 56.3 Å². The summed E-state index contributed by atoms with van der Waals surface area (Å²) in [6.45, 7) is 9.07. The zero-order valence-corrected chi connectivity index (χ0v) is 17.7. The van der Waals surface area contributed by atoms with E-state index in [1.54, 1.807) is 0 Å². The number of benzene rings is 2. The summed E-state index contributed by atoms with van der Waals surface area (Å²) in [4.78, 5) is 12.7. The molecule has 0 amide bonds. The third kappa shape index (κ3) is 6.20. The van der Waals surface area contributed by atoms with Crippen molar-refractivity contribution < 1.29 is 14.3 Å². The molecule has 2 rings (SSSR count). The van der Waals surface area contributed by atoms with Gasteiger partial charge < -0.3 is 9.47 Å². The average molecular weight is 383 g/mol. The van der Waals surface area contributed by atoms with Crippen molar-refractivity contribution in [2.45, 2.75) is 71.8 Å². The molecule has 3 heteroatoms. The van der Waals surface area contributed by atoms with Crippen LogP contribution in [0.3, 0.4) is 0 Å². The largest absolute Gasteiger partial charge is 0.423 e. The van der Waals surface area contributed by atoms with Crippen LogP contribution in [0.4, 0.5) is 0 Å². The van der Waals surface area contributed by atoms with Gasteiger partial charge in [0.1, 0.15) is 5.75 Å². The van der Waals surface area contributed by atoms with Gasteiger partial charge in [0.15, 0.2) is 0 Å². The minimum atomic E-state index is -0.311. The number of unbranched alkanes of at least 4 members (excludes halogenated alkanes) is 1. The fraction of sp³-hybridized carbons (Fsp3) is 0.480. The summed E-state index contributed by atoms with van der Waals surface area (Å²) in [7, 11) is 0. The van der Waals surface area contributed by atoms with Gasteiger partial charge in [-0.2, -0.15) is 0 Å². The van der Waals surface area contributed by atoms with E-state index in [1.165, 1.54) is 12.8 Å². The molecule has 2 atom stereocenters. The normalized spacial score (nSPS) is 13.1. The topological polar surface area (TPSA) is 35.5 Å². The smallest absolute Gasteiger partial charge is 0.343 e. The van der Waals surface area contributed by atoms with Crippen molar-refractivity contribution in [3.8, 4) is 5.75 Å². The van der Waals surface area contributed by atoms with Crippen LogP contribution in [0.1, 0.15) is 93.3 Å². The molecule has 0 N–H and O–H groups in total. The van der Waals surface area contributed by atoms with Gasteiger partial charge in [-0.25, -0.2) is 4.79 Å². The molecular weight excluding hydrogens is 348 g/mol. The van der Waals surface area contributed by atoms with Crippen LogP contribution >= 0.6 is 0 Å². The van der Waals surface area contributed by atoms with E-state index in [0.29, 0.717) is 23.8 Å². The molecule has 152 valence electrons. The van der Waals surface area contributed by atoms with Crippen molar-refractivity contribution in [3.05, 3.63) is 65.2 Å². The second-order valence-electron chi connectivity index (χ2n) is 7.27. The number of ether oxygens (including phenoxy) is 2. The molecule has 0 fully saturated rings. The van der Waals surface area contributed by atoms with Gasteiger partial charge in [0, 0.05) is 6.61 Å². The molecule has 2 unspecified atom stereocenters. The summed E-state index contributed by atoms with van der Waals surface area (Å²) in [6.07, 6.45) is 5.74. The van der Waals surface area contributed by atoms with Gasteiger partial charge in [0.25, 0.3) is 0 Å². The lowest BCUT2D eigenvalue weighted by atomic mass is 9.89. The second kappa shape index (κ2) is 11.7. The molecule has 3 nitrogen and oxygen atoms in total. The van der Waals surface area contributed by atoms with E-state index in [4.69, 9.17) is 9.47 Å². The van der Waals surface area contributed by atoms with Crippen molar-refractivity contribution in [2.24, 2.45) is 0 Å². The molecule has 0 aliphatic heterocycles. The van der Waals surface area contributed by atoms with Crippen molar-refractivity contribution in [3.63, 3.8) is 0 Å². The van der Waals surface area contributed by atoms with Crippen LogP contribution in [0, 0.1) is 0 Å². The first-order valence-electron chi connectivity index (χ1n) is 10.6. The van der Waals surface area contributed by atoms with E-state index < -0.39 is 0 Å². The van der Waals surface area contributed by atoms with Crippen molar-refractivity contribution in [2.75, 3.05) is 6.61 Å². The number of hydrogen-bond donors (Lipinski definition) is 0. The van der Waals surface area contributed by atoms with Crippen LogP contribution in [0.5, 0.6) is 5.75 Å². The Morgan fingerprint density at radius 1 is 0.929 bits per heavy atom. The first-order chi connectivity index (χ1) is 13.6. The molecular formula is C25H34O3. The first kappa shape index (κ1) is 22.2. The Morgan fingerprint density at radius 3 is 2.29 bits per heavy atom. The maximum absolute atomic E-state index is 12.7. The van der Waals surface area contributed by atoms with E-state index in [9.17, 15) is 4.79 Å². The molecule has 0 saturated carbocycles. The van der Waals surface area contributed by atoms with Gasteiger partial charge >= 0.3 is 5.97 Å². The van der Waals surface area contributed by atoms with E-state index in [0.717, 1.165) is 30.4 Å². The summed E-state index contributed by atoms with van der Waals surface area (Å²) in [5, 5.41) is 0. The summed E-state index contributed by atoms with van der Waals surface area (Å²) in [5.74, 6) is 0.811. The quantitative estimate of drug-likeness (QED) is 0.308. The highest BCUT2D eigenvalue weighted by atomic mass is 16.5. The molecule has 0 spiro atoms. The fourth-order valence-electron chi connectivity index (χ4n) is 3.56. The Balaban J connectivity index is 2.15. The molecule has 0 aromatic heterocycles. The molecule has 28 heavy (non-hydrogen) atoms. The number of para-hydroxylation sites is 1. The number of hydrogen-bond acceptors (Lipinski definition) is 3.